The molecule has 65 heavy (non-hydrogen) atoms. The monoisotopic (exact) mass is 936 g/mol. The summed E-state index contributed by atoms with van der Waals surface area (Å²) in [4.78, 5) is -1.69. The minimum Gasteiger partial charge on any atom is -0.505 e. The van der Waals surface area contributed by atoms with Crippen LogP contribution in [0, 0.1) is 0 Å². The number of hydrogen-bond donors (Lipinski definition) is 8. The lowest BCUT2D eigenvalue weighted by atomic mass is 10.1. The number of phenols is 1. The maximum absolute atomic E-state index is 12.5. The van der Waals surface area contributed by atoms with Crippen molar-refractivity contribution in [2.45, 2.75) is 14.7 Å². The predicted octanol–water partition coefficient (Wildman–Crippen LogP) is 9.94. The third-order valence-corrected chi connectivity index (χ3v) is 11.8. The summed E-state index contributed by atoms with van der Waals surface area (Å²) in [5, 5.41) is 43.9. The largest absolute Gasteiger partial charge is 0.505 e. The first-order valence-electron chi connectivity index (χ1n) is 18.2. The fourth-order valence-electron chi connectivity index (χ4n) is 5.96. The summed E-state index contributed by atoms with van der Waals surface area (Å²) < 4.78 is 102. The molecule has 0 heterocycles. The maximum Gasteiger partial charge on any atom is 0.296 e. The van der Waals surface area contributed by atoms with Crippen LogP contribution in [-0.2, 0) is 30.4 Å². The number of phenolic OH excluding ortho intramolecular Hbond substituents is 1. The highest BCUT2D eigenvalue weighted by Gasteiger charge is 2.23. The van der Waals surface area contributed by atoms with Crippen molar-refractivity contribution in [2.24, 2.45) is 40.9 Å². The lowest BCUT2D eigenvalue weighted by Gasteiger charge is -2.09. The third-order valence-electron chi connectivity index (χ3n) is 9.19. The van der Waals surface area contributed by atoms with Gasteiger partial charge in [-0.3, -0.25) is 13.7 Å². The number of fused-ring (bicyclic) bond motifs is 1. The van der Waals surface area contributed by atoms with Crippen molar-refractivity contribution in [2.75, 3.05) is 22.9 Å². The summed E-state index contributed by atoms with van der Waals surface area (Å²) in [6.07, 6.45) is 0. The molecule has 0 fully saturated rings. The van der Waals surface area contributed by atoms with Gasteiger partial charge in [-0.2, -0.15) is 40.6 Å². The number of benzene rings is 7. The lowest BCUT2D eigenvalue weighted by Crippen LogP contribution is -1.99. The Labute approximate surface area is 368 Å². The first kappa shape index (κ1) is 45.0. The Morgan fingerprint density at radius 3 is 1.52 bits per heavy atom. The van der Waals surface area contributed by atoms with Gasteiger partial charge in [-0.15, -0.1) is 25.6 Å². The highest BCUT2D eigenvalue weighted by molar-refractivity contribution is 7.86. The molecule has 12 N–H and O–H groups in total. The molecule has 22 nitrogen and oxygen atoms in total. The van der Waals surface area contributed by atoms with E-state index in [1.165, 1.54) is 84.9 Å². The summed E-state index contributed by atoms with van der Waals surface area (Å²) in [6, 6.07) is 27.4. The van der Waals surface area contributed by atoms with Gasteiger partial charge in [-0.25, -0.2) is 0 Å². The maximum atomic E-state index is 12.5. The summed E-state index contributed by atoms with van der Waals surface area (Å²) in [7, 11) is -14.2. The molecular formula is C40H32N12O10S3. The number of nitrogen functional groups attached to an aromatic ring is 4. The summed E-state index contributed by atoms with van der Waals surface area (Å²) >= 11 is 0. The van der Waals surface area contributed by atoms with Crippen LogP contribution in [0.2, 0.25) is 0 Å². The molecule has 0 radical (unpaired) electrons. The Morgan fingerprint density at radius 1 is 0.400 bits per heavy atom. The Hall–Kier alpha value is -8.07. The number of anilines is 4. The van der Waals surface area contributed by atoms with Gasteiger partial charge in [-0.1, -0.05) is 24.3 Å². The topological polar surface area (TPSA) is 386 Å². The van der Waals surface area contributed by atoms with Crippen LogP contribution < -0.4 is 22.9 Å². The molecule has 25 heteroatoms. The van der Waals surface area contributed by atoms with Crippen LogP contribution in [0.3, 0.4) is 0 Å². The van der Waals surface area contributed by atoms with Gasteiger partial charge in [0.05, 0.1) is 39.0 Å². The summed E-state index contributed by atoms with van der Waals surface area (Å²) in [5.41, 5.74) is 25.5. The van der Waals surface area contributed by atoms with Crippen molar-refractivity contribution in [3.05, 3.63) is 121 Å². The van der Waals surface area contributed by atoms with Gasteiger partial charge in [0.25, 0.3) is 30.4 Å². The van der Waals surface area contributed by atoms with E-state index in [9.17, 15) is 44.0 Å². The lowest BCUT2D eigenvalue weighted by molar-refractivity contribution is 0.472. The highest BCUT2D eigenvalue weighted by atomic mass is 32.2. The highest BCUT2D eigenvalue weighted by Crippen LogP contribution is 2.43. The molecule has 7 aromatic rings. The van der Waals surface area contributed by atoms with Crippen molar-refractivity contribution in [3.63, 3.8) is 0 Å². The Kier molecular flexibility index (Phi) is 12.2. The number of azo groups is 4. The van der Waals surface area contributed by atoms with Gasteiger partial charge in [0.15, 0.2) is 5.75 Å². The van der Waals surface area contributed by atoms with Crippen LogP contribution >= 0.6 is 0 Å². The molecule has 0 saturated carbocycles. The SMILES string of the molecule is Nc1ccc(N=Nc2ccc3cc(S(=O)(=O)O)c(N=Nc4ccc(-c5ccc(N=Nc6cc(N=Nc7ccc(S(=O)(=O)O)cc7)c(N)cc6N)c(S(=O)(=O)O)c5)cc4)c(O)c3c2)c(N)c1. The molecule has 0 unspecified atom stereocenters. The van der Waals surface area contributed by atoms with E-state index < -0.39 is 51.6 Å². The van der Waals surface area contributed by atoms with Gasteiger partial charge < -0.3 is 28.0 Å². The molecule has 0 aliphatic heterocycles. The molecule has 330 valence electrons. The van der Waals surface area contributed by atoms with Crippen molar-refractivity contribution in [1.82, 2.24) is 0 Å². The smallest absolute Gasteiger partial charge is 0.296 e. The van der Waals surface area contributed by atoms with Gasteiger partial charge in [0.2, 0.25) is 0 Å². The van der Waals surface area contributed by atoms with Gasteiger partial charge >= 0.3 is 0 Å². The molecule has 0 atom stereocenters. The second kappa shape index (κ2) is 17.6. The van der Waals surface area contributed by atoms with E-state index in [0.717, 1.165) is 24.3 Å². The average molecular weight is 937 g/mol. The molecular weight excluding hydrogens is 905 g/mol. The van der Waals surface area contributed by atoms with Gasteiger partial charge in [-0.05, 0) is 114 Å². The van der Waals surface area contributed by atoms with E-state index >= 15 is 0 Å². The summed E-state index contributed by atoms with van der Waals surface area (Å²) in [6.45, 7) is 0. The van der Waals surface area contributed by atoms with Gasteiger partial charge in [0.1, 0.15) is 38.2 Å². The fraction of sp³-hybridized carbons (Fsp3) is 0. The van der Waals surface area contributed by atoms with E-state index in [4.69, 9.17) is 22.9 Å². The van der Waals surface area contributed by atoms with Crippen LogP contribution in [0.5, 0.6) is 5.75 Å². The zero-order valence-corrected chi connectivity index (χ0v) is 35.3. The second-order valence-electron chi connectivity index (χ2n) is 13.7. The molecule has 7 aromatic carbocycles. The van der Waals surface area contributed by atoms with Crippen molar-refractivity contribution < 1.29 is 44.0 Å². The van der Waals surface area contributed by atoms with Crippen molar-refractivity contribution >= 4 is 109 Å². The minimum absolute atomic E-state index is 0.00155. The zero-order chi connectivity index (χ0) is 46.8. The molecule has 0 spiro atoms. The van der Waals surface area contributed by atoms with Crippen molar-refractivity contribution in [3.8, 4) is 16.9 Å². The number of aromatic hydroxyl groups is 1. The van der Waals surface area contributed by atoms with Crippen LogP contribution in [-0.4, -0.2) is 44.0 Å². The normalized spacial score (nSPS) is 12.7. The average Bonchev–Trinajstić information content (AvgIpc) is 3.24. The van der Waals surface area contributed by atoms with Crippen LogP contribution in [0.4, 0.5) is 68.2 Å². The predicted molar refractivity (Wildman–Crippen MR) is 241 cm³/mol. The molecule has 0 saturated heterocycles. The van der Waals surface area contributed by atoms with E-state index in [-0.39, 0.29) is 66.9 Å². The number of nitrogens with two attached hydrogens (primary N) is 4. The molecule has 7 rings (SSSR count). The van der Waals surface area contributed by atoms with Crippen LogP contribution in [0.15, 0.2) is 177 Å². The molecule has 0 aromatic heterocycles. The van der Waals surface area contributed by atoms with E-state index in [1.54, 1.807) is 12.1 Å². The number of hydrogen-bond acceptors (Lipinski definition) is 19. The van der Waals surface area contributed by atoms with E-state index in [0.29, 0.717) is 22.5 Å². The Morgan fingerprint density at radius 2 is 0.908 bits per heavy atom. The molecule has 0 amide bonds. The van der Waals surface area contributed by atoms with Crippen molar-refractivity contribution in [1.29, 1.82) is 0 Å². The quantitative estimate of drug-likeness (QED) is 0.0321. The Balaban J connectivity index is 1.14. The van der Waals surface area contributed by atoms with E-state index in [2.05, 4.69) is 40.9 Å². The fourth-order valence-corrected chi connectivity index (χ4v) is 7.75. The molecule has 0 aliphatic carbocycles. The molecule has 0 aliphatic rings. The third kappa shape index (κ3) is 10.4. The second-order valence-corrected chi connectivity index (χ2v) is 17.9. The number of nitrogens with zero attached hydrogens (tertiary/aromatic N) is 8. The standard InChI is InChI=1S/C40H32N12O10S3/c41-24-5-14-33(30(42)17-24)48-47-27-8-3-23-16-38(65(60,61)62)39(40(53)29(23)18-27)52-46-25-6-1-21(2-7-25)22-4-13-34(37(15-22)64(57,58)59)49-51-36-20-35(31(43)19-32(36)44)50-45-26-9-11-28(12-10-26)63(54,55)56/h1-20,53H,41-44H2,(H,54,55,56)(H,57,58,59)(H,60,61,62). The van der Waals surface area contributed by atoms with Crippen LogP contribution in [0.25, 0.3) is 21.9 Å². The first-order chi connectivity index (χ1) is 30.6. The summed E-state index contributed by atoms with van der Waals surface area (Å²) in [5.74, 6) is -0.635. The van der Waals surface area contributed by atoms with Crippen LogP contribution in [0.1, 0.15) is 0 Å². The Bertz CT molecular complexity index is 3520. The van der Waals surface area contributed by atoms with Gasteiger partial charge in [0, 0.05) is 11.1 Å². The number of rotatable bonds is 12. The van der Waals surface area contributed by atoms with E-state index in [1.807, 2.05) is 0 Å². The minimum atomic E-state index is -4.92. The zero-order valence-electron chi connectivity index (χ0n) is 32.9. The first-order valence-corrected chi connectivity index (χ1v) is 22.5. The molecule has 0 bridgehead atoms.